The molecule has 1 unspecified atom stereocenters. The van der Waals surface area contributed by atoms with E-state index in [0.717, 1.165) is 5.71 Å². The van der Waals surface area contributed by atoms with Crippen molar-refractivity contribution in [3.8, 4) is 0 Å². The standard InChI is InChI=1S/C6H12N2S2/c1-4-6(2,3)10-5(9)8-7-4/h5,8-9H,1-3H3. The maximum atomic E-state index is 4.26. The van der Waals surface area contributed by atoms with E-state index in [1.54, 1.807) is 11.8 Å². The Kier molecular flexibility index (Phi) is 2.20. The lowest BCUT2D eigenvalue weighted by atomic mass is 10.1. The van der Waals surface area contributed by atoms with Crippen molar-refractivity contribution in [1.82, 2.24) is 5.43 Å². The van der Waals surface area contributed by atoms with Crippen LogP contribution in [0.1, 0.15) is 20.8 Å². The van der Waals surface area contributed by atoms with Gasteiger partial charge in [-0.05, 0) is 20.8 Å². The van der Waals surface area contributed by atoms with Crippen LogP contribution in [0.4, 0.5) is 0 Å². The summed E-state index contributed by atoms with van der Waals surface area (Å²) >= 11 is 6.03. The average Bonchev–Trinajstić information content (AvgIpc) is 1.78. The Balaban J connectivity index is 2.76. The van der Waals surface area contributed by atoms with Crippen LogP contribution in [-0.2, 0) is 0 Å². The second-order valence-corrected chi connectivity index (χ2v) is 5.40. The molecule has 0 bridgehead atoms. The number of rotatable bonds is 0. The number of thiol groups is 1. The van der Waals surface area contributed by atoms with Crippen LogP contribution in [0, 0.1) is 0 Å². The summed E-state index contributed by atoms with van der Waals surface area (Å²) in [5, 5.41) is 4.13. The van der Waals surface area contributed by atoms with E-state index in [-0.39, 0.29) is 9.45 Å². The third-order valence-electron chi connectivity index (χ3n) is 1.62. The summed E-state index contributed by atoms with van der Waals surface area (Å²) in [7, 11) is 0. The Hall–Kier alpha value is 0.170. The predicted molar refractivity (Wildman–Crippen MR) is 50.7 cm³/mol. The lowest BCUT2D eigenvalue weighted by Crippen LogP contribution is -2.37. The molecule has 1 heterocycles. The Morgan fingerprint density at radius 3 is 2.70 bits per heavy atom. The lowest BCUT2D eigenvalue weighted by Gasteiger charge is -2.31. The van der Waals surface area contributed by atoms with Gasteiger partial charge in [0.1, 0.15) is 4.71 Å². The van der Waals surface area contributed by atoms with Gasteiger partial charge in [-0.3, -0.25) is 5.43 Å². The molecule has 1 atom stereocenters. The molecule has 2 nitrogen and oxygen atoms in total. The molecule has 0 aromatic carbocycles. The van der Waals surface area contributed by atoms with Gasteiger partial charge < -0.3 is 0 Å². The van der Waals surface area contributed by atoms with Gasteiger partial charge in [0.2, 0.25) is 0 Å². The molecular formula is C6H12N2S2. The fourth-order valence-electron chi connectivity index (χ4n) is 0.677. The summed E-state index contributed by atoms with van der Waals surface area (Å²) in [6.07, 6.45) is 0. The predicted octanol–water partition coefficient (Wildman–Crippen LogP) is 1.69. The molecule has 1 aliphatic rings. The molecule has 0 fully saturated rings. The lowest BCUT2D eigenvalue weighted by molar-refractivity contribution is 0.776. The first kappa shape index (κ1) is 8.27. The molecule has 0 saturated heterocycles. The molecule has 0 amide bonds. The number of nitrogens with zero attached hydrogens (tertiary/aromatic N) is 1. The van der Waals surface area contributed by atoms with Crippen molar-refractivity contribution in [1.29, 1.82) is 0 Å². The van der Waals surface area contributed by atoms with Crippen LogP contribution in [-0.4, -0.2) is 15.2 Å². The number of nitrogens with one attached hydrogen (secondary N) is 1. The first-order valence-electron chi connectivity index (χ1n) is 3.18. The van der Waals surface area contributed by atoms with Crippen LogP contribution >= 0.6 is 24.4 Å². The smallest absolute Gasteiger partial charge is 0.133 e. The van der Waals surface area contributed by atoms with Crippen LogP contribution in [0.3, 0.4) is 0 Å². The van der Waals surface area contributed by atoms with Crippen molar-refractivity contribution < 1.29 is 0 Å². The van der Waals surface area contributed by atoms with Gasteiger partial charge in [-0.2, -0.15) is 5.10 Å². The first-order chi connectivity index (χ1) is 4.52. The fourth-order valence-corrected chi connectivity index (χ4v) is 2.41. The molecule has 0 radical (unpaired) electrons. The van der Waals surface area contributed by atoms with Gasteiger partial charge in [-0.25, -0.2) is 0 Å². The van der Waals surface area contributed by atoms with E-state index in [1.165, 1.54) is 0 Å². The van der Waals surface area contributed by atoms with E-state index in [0.29, 0.717) is 0 Å². The Morgan fingerprint density at radius 1 is 1.70 bits per heavy atom. The first-order valence-corrected chi connectivity index (χ1v) is 4.58. The molecule has 1 N–H and O–H groups in total. The van der Waals surface area contributed by atoms with E-state index >= 15 is 0 Å². The van der Waals surface area contributed by atoms with Gasteiger partial charge >= 0.3 is 0 Å². The molecule has 0 spiro atoms. The highest BCUT2D eigenvalue weighted by atomic mass is 32.2. The van der Waals surface area contributed by atoms with E-state index < -0.39 is 0 Å². The monoisotopic (exact) mass is 176 g/mol. The molecule has 1 rings (SSSR count). The van der Waals surface area contributed by atoms with Crippen LogP contribution < -0.4 is 5.43 Å². The summed E-state index contributed by atoms with van der Waals surface area (Å²) in [6, 6.07) is 0. The molecule has 58 valence electrons. The molecule has 0 aromatic heterocycles. The second kappa shape index (κ2) is 2.66. The minimum atomic E-state index is 0.137. The molecule has 4 heteroatoms. The number of hydrazone groups is 1. The molecule has 1 aliphatic heterocycles. The van der Waals surface area contributed by atoms with E-state index in [4.69, 9.17) is 0 Å². The molecule has 0 aromatic rings. The zero-order valence-electron chi connectivity index (χ0n) is 6.38. The van der Waals surface area contributed by atoms with Gasteiger partial charge in [-0.1, -0.05) is 0 Å². The summed E-state index contributed by atoms with van der Waals surface area (Å²) < 4.78 is 0.274. The third-order valence-corrected chi connectivity index (χ3v) is 3.27. The minimum absolute atomic E-state index is 0.137. The Labute approximate surface area is 71.3 Å². The third kappa shape index (κ3) is 1.61. The van der Waals surface area contributed by atoms with Crippen molar-refractivity contribution in [2.75, 3.05) is 0 Å². The van der Waals surface area contributed by atoms with Crippen LogP contribution in [0.15, 0.2) is 5.10 Å². The average molecular weight is 176 g/mol. The van der Waals surface area contributed by atoms with Gasteiger partial charge in [0.15, 0.2) is 0 Å². The van der Waals surface area contributed by atoms with Gasteiger partial charge in [-0.15, -0.1) is 24.4 Å². The zero-order chi connectivity index (χ0) is 7.78. The van der Waals surface area contributed by atoms with Crippen LogP contribution in [0.2, 0.25) is 0 Å². The zero-order valence-corrected chi connectivity index (χ0v) is 8.09. The summed E-state index contributed by atoms with van der Waals surface area (Å²) in [5.74, 6) is 0. The van der Waals surface area contributed by atoms with Gasteiger partial charge in [0.25, 0.3) is 0 Å². The second-order valence-electron chi connectivity index (χ2n) is 2.81. The van der Waals surface area contributed by atoms with Crippen molar-refractivity contribution in [3.05, 3.63) is 0 Å². The van der Waals surface area contributed by atoms with Crippen molar-refractivity contribution in [2.24, 2.45) is 5.10 Å². The van der Waals surface area contributed by atoms with Crippen molar-refractivity contribution >= 4 is 30.1 Å². The van der Waals surface area contributed by atoms with Crippen molar-refractivity contribution in [3.63, 3.8) is 0 Å². The highest BCUT2D eigenvalue weighted by Gasteiger charge is 2.28. The SMILES string of the molecule is CC1=NNC(S)SC1(C)C. The maximum absolute atomic E-state index is 4.26. The van der Waals surface area contributed by atoms with Crippen LogP contribution in [0.5, 0.6) is 0 Å². The van der Waals surface area contributed by atoms with Crippen LogP contribution in [0.25, 0.3) is 0 Å². The highest BCUT2D eigenvalue weighted by molar-refractivity contribution is 8.11. The Morgan fingerprint density at radius 2 is 2.30 bits per heavy atom. The van der Waals surface area contributed by atoms with Crippen molar-refractivity contribution in [2.45, 2.75) is 30.2 Å². The van der Waals surface area contributed by atoms with Gasteiger partial charge in [0.05, 0.1) is 10.5 Å². The van der Waals surface area contributed by atoms with E-state index in [2.05, 4.69) is 37.0 Å². The fraction of sp³-hybridized carbons (Fsp3) is 0.833. The van der Waals surface area contributed by atoms with E-state index in [1.807, 2.05) is 6.92 Å². The molecule has 0 aliphatic carbocycles. The largest absolute Gasteiger partial charge is 0.287 e. The number of hydrogen-bond donors (Lipinski definition) is 2. The maximum Gasteiger partial charge on any atom is 0.133 e. The van der Waals surface area contributed by atoms with Gasteiger partial charge in [0, 0.05) is 0 Å². The summed E-state index contributed by atoms with van der Waals surface area (Å²) in [6.45, 7) is 6.33. The number of thioether (sulfide) groups is 1. The summed E-state index contributed by atoms with van der Waals surface area (Å²) in [5.41, 5.74) is 4.03. The molecular weight excluding hydrogens is 164 g/mol. The normalized spacial score (nSPS) is 30.8. The van der Waals surface area contributed by atoms with E-state index in [9.17, 15) is 0 Å². The summed E-state index contributed by atoms with van der Waals surface area (Å²) in [4.78, 5) is 0. The molecule has 10 heavy (non-hydrogen) atoms. The molecule has 0 saturated carbocycles. The quantitative estimate of drug-likeness (QED) is 0.549. The topological polar surface area (TPSA) is 24.4 Å². The highest BCUT2D eigenvalue weighted by Crippen LogP contribution is 2.33. The Bertz CT molecular complexity index is 165. The number of hydrogen-bond acceptors (Lipinski definition) is 4. The minimum Gasteiger partial charge on any atom is -0.287 e.